The van der Waals surface area contributed by atoms with Crippen LogP contribution in [0, 0.1) is 5.82 Å². The average Bonchev–Trinajstić information content (AvgIpc) is 2.51. The summed E-state index contributed by atoms with van der Waals surface area (Å²) in [6.45, 7) is 8.13. The highest BCUT2D eigenvalue weighted by Crippen LogP contribution is 2.16. The maximum atomic E-state index is 13.4. The predicted molar refractivity (Wildman–Crippen MR) is 90.7 cm³/mol. The highest BCUT2D eigenvalue weighted by Gasteiger charge is 2.33. The Morgan fingerprint density at radius 1 is 1.46 bits per heavy atom. The molecule has 1 heterocycles. The first-order chi connectivity index (χ1) is 11.4. The zero-order chi connectivity index (χ0) is 17.7. The van der Waals surface area contributed by atoms with Crippen molar-refractivity contribution >= 4 is 11.8 Å². The minimum Gasteiger partial charge on any atom is -0.353 e. The summed E-state index contributed by atoms with van der Waals surface area (Å²) in [5.74, 6) is -0.455. The summed E-state index contributed by atoms with van der Waals surface area (Å²) in [6, 6.07) is 5.95. The summed E-state index contributed by atoms with van der Waals surface area (Å²) in [5.41, 5.74) is 0.804. The molecule has 2 rings (SSSR count). The molecule has 0 spiro atoms. The number of piperazine rings is 1. The zero-order valence-electron chi connectivity index (χ0n) is 14.6. The van der Waals surface area contributed by atoms with Crippen LogP contribution in [0.5, 0.6) is 0 Å². The molecule has 2 amide bonds. The molecule has 0 radical (unpaired) electrons. The Labute approximate surface area is 142 Å². The Hall–Kier alpha value is -1.95. The summed E-state index contributed by atoms with van der Waals surface area (Å²) in [4.78, 5) is 28.5. The lowest BCUT2D eigenvalue weighted by Crippen LogP contribution is -2.56. The number of halogens is 1. The molecule has 0 aliphatic carbocycles. The van der Waals surface area contributed by atoms with Crippen molar-refractivity contribution in [1.29, 1.82) is 0 Å². The fourth-order valence-corrected chi connectivity index (χ4v) is 3.16. The molecule has 1 saturated heterocycles. The predicted octanol–water partition coefficient (Wildman–Crippen LogP) is 1.77. The van der Waals surface area contributed by atoms with Gasteiger partial charge in [-0.25, -0.2) is 4.39 Å². The Kier molecular flexibility index (Phi) is 6.31. The minimum absolute atomic E-state index is 0.0289. The van der Waals surface area contributed by atoms with E-state index in [-0.39, 0.29) is 30.1 Å². The first-order valence-electron chi connectivity index (χ1n) is 8.48. The number of amides is 2. The number of carbonyl (C=O) groups is 2. The van der Waals surface area contributed by atoms with Crippen molar-refractivity contribution in [2.45, 2.75) is 45.8 Å². The van der Waals surface area contributed by atoms with Crippen LogP contribution in [-0.4, -0.2) is 53.3 Å². The lowest BCUT2D eigenvalue weighted by atomic mass is 10.1. The molecule has 1 aliphatic heterocycles. The number of nitrogens with zero attached hydrogens (tertiary/aromatic N) is 2. The fraction of sp³-hybridized carbons (Fsp3) is 0.556. The van der Waals surface area contributed by atoms with Gasteiger partial charge >= 0.3 is 0 Å². The molecule has 24 heavy (non-hydrogen) atoms. The van der Waals surface area contributed by atoms with Crippen LogP contribution in [0.2, 0.25) is 0 Å². The third-order valence-corrected chi connectivity index (χ3v) is 4.37. The standard InChI is InChI=1S/C18H26FN3O2/c1-4-22(13(2)3)17(23)11-16-18(24)20-8-9-21(16)12-14-6-5-7-15(19)10-14/h5-7,10,13,16H,4,8-9,11-12H2,1-3H3,(H,20,24). The first-order valence-corrected chi connectivity index (χ1v) is 8.48. The molecule has 0 aromatic heterocycles. The quantitative estimate of drug-likeness (QED) is 0.862. The van der Waals surface area contributed by atoms with Crippen molar-refractivity contribution in [2.75, 3.05) is 19.6 Å². The van der Waals surface area contributed by atoms with E-state index in [4.69, 9.17) is 0 Å². The second-order valence-electron chi connectivity index (χ2n) is 6.38. The third kappa shape index (κ3) is 4.54. The van der Waals surface area contributed by atoms with E-state index in [1.165, 1.54) is 12.1 Å². The summed E-state index contributed by atoms with van der Waals surface area (Å²) in [6.07, 6.45) is 0.146. The summed E-state index contributed by atoms with van der Waals surface area (Å²) < 4.78 is 13.4. The van der Waals surface area contributed by atoms with Crippen LogP contribution in [0.1, 0.15) is 32.8 Å². The molecule has 5 nitrogen and oxygen atoms in total. The van der Waals surface area contributed by atoms with Crippen LogP contribution in [-0.2, 0) is 16.1 Å². The second-order valence-corrected chi connectivity index (χ2v) is 6.38. The SMILES string of the molecule is CCN(C(=O)CC1C(=O)NCCN1Cc1cccc(F)c1)C(C)C. The maximum Gasteiger partial charge on any atom is 0.237 e. The highest BCUT2D eigenvalue weighted by molar-refractivity contribution is 5.89. The second kappa shape index (κ2) is 8.24. The molecule has 0 saturated carbocycles. The van der Waals surface area contributed by atoms with Gasteiger partial charge in [0.2, 0.25) is 11.8 Å². The van der Waals surface area contributed by atoms with Crippen LogP contribution in [0.25, 0.3) is 0 Å². The van der Waals surface area contributed by atoms with Gasteiger partial charge in [0.15, 0.2) is 0 Å². The van der Waals surface area contributed by atoms with Gasteiger partial charge in [-0.05, 0) is 38.5 Å². The summed E-state index contributed by atoms with van der Waals surface area (Å²) in [7, 11) is 0. The normalized spacial score (nSPS) is 18.5. The van der Waals surface area contributed by atoms with Crippen LogP contribution in [0.15, 0.2) is 24.3 Å². The number of carbonyl (C=O) groups excluding carboxylic acids is 2. The first kappa shape index (κ1) is 18.4. The molecule has 1 fully saturated rings. The lowest BCUT2D eigenvalue weighted by Gasteiger charge is -2.36. The Morgan fingerprint density at radius 3 is 2.83 bits per heavy atom. The third-order valence-electron chi connectivity index (χ3n) is 4.37. The molecule has 1 aromatic carbocycles. The molecule has 1 atom stereocenters. The highest BCUT2D eigenvalue weighted by atomic mass is 19.1. The van der Waals surface area contributed by atoms with E-state index in [2.05, 4.69) is 5.32 Å². The average molecular weight is 335 g/mol. The van der Waals surface area contributed by atoms with Gasteiger partial charge in [0.05, 0.1) is 12.5 Å². The largest absolute Gasteiger partial charge is 0.353 e. The number of hydrogen-bond acceptors (Lipinski definition) is 3. The molecule has 132 valence electrons. The smallest absolute Gasteiger partial charge is 0.237 e. The Balaban J connectivity index is 2.11. The molecular formula is C18H26FN3O2. The van der Waals surface area contributed by atoms with Crippen molar-refractivity contribution in [2.24, 2.45) is 0 Å². The van der Waals surface area contributed by atoms with Crippen molar-refractivity contribution in [3.05, 3.63) is 35.6 Å². The zero-order valence-corrected chi connectivity index (χ0v) is 14.6. The van der Waals surface area contributed by atoms with E-state index in [0.29, 0.717) is 26.2 Å². The summed E-state index contributed by atoms with van der Waals surface area (Å²) >= 11 is 0. The fourth-order valence-electron chi connectivity index (χ4n) is 3.16. The molecular weight excluding hydrogens is 309 g/mol. The molecule has 1 aromatic rings. The van der Waals surface area contributed by atoms with Crippen molar-refractivity contribution in [3.63, 3.8) is 0 Å². The number of benzene rings is 1. The van der Waals surface area contributed by atoms with Crippen molar-refractivity contribution in [1.82, 2.24) is 15.1 Å². The van der Waals surface area contributed by atoms with Gasteiger partial charge in [0.1, 0.15) is 5.82 Å². The van der Waals surface area contributed by atoms with E-state index in [0.717, 1.165) is 5.56 Å². The van der Waals surface area contributed by atoms with Gasteiger partial charge < -0.3 is 10.2 Å². The van der Waals surface area contributed by atoms with E-state index < -0.39 is 6.04 Å². The van der Waals surface area contributed by atoms with Gasteiger partial charge in [-0.15, -0.1) is 0 Å². The summed E-state index contributed by atoms with van der Waals surface area (Å²) in [5, 5.41) is 2.83. The maximum absolute atomic E-state index is 13.4. The van der Waals surface area contributed by atoms with E-state index in [1.54, 1.807) is 11.0 Å². The number of nitrogens with one attached hydrogen (secondary N) is 1. The van der Waals surface area contributed by atoms with Crippen LogP contribution in [0.4, 0.5) is 4.39 Å². The van der Waals surface area contributed by atoms with Gasteiger partial charge in [-0.1, -0.05) is 12.1 Å². The molecule has 6 heteroatoms. The van der Waals surface area contributed by atoms with Crippen LogP contribution < -0.4 is 5.32 Å². The van der Waals surface area contributed by atoms with Gasteiger partial charge in [-0.3, -0.25) is 14.5 Å². The minimum atomic E-state index is -0.512. The van der Waals surface area contributed by atoms with Crippen LogP contribution in [0.3, 0.4) is 0 Å². The Morgan fingerprint density at radius 2 is 2.21 bits per heavy atom. The van der Waals surface area contributed by atoms with Crippen molar-refractivity contribution < 1.29 is 14.0 Å². The van der Waals surface area contributed by atoms with Crippen LogP contribution >= 0.6 is 0 Å². The number of hydrogen-bond donors (Lipinski definition) is 1. The molecule has 1 aliphatic rings. The topological polar surface area (TPSA) is 52.7 Å². The van der Waals surface area contributed by atoms with Gasteiger partial charge in [-0.2, -0.15) is 0 Å². The monoisotopic (exact) mass is 335 g/mol. The molecule has 1 N–H and O–H groups in total. The number of rotatable bonds is 6. The van der Waals surface area contributed by atoms with Gasteiger partial charge in [0, 0.05) is 32.2 Å². The van der Waals surface area contributed by atoms with Gasteiger partial charge in [0.25, 0.3) is 0 Å². The lowest BCUT2D eigenvalue weighted by molar-refractivity contribution is -0.140. The van der Waals surface area contributed by atoms with E-state index in [9.17, 15) is 14.0 Å². The Bertz CT molecular complexity index is 591. The van der Waals surface area contributed by atoms with E-state index in [1.807, 2.05) is 31.7 Å². The van der Waals surface area contributed by atoms with Crippen molar-refractivity contribution in [3.8, 4) is 0 Å². The molecule has 1 unspecified atom stereocenters. The van der Waals surface area contributed by atoms with E-state index >= 15 is 0 Å². The molecule has 0 bridgehead atoms.